The van der Waals surface area contributed by atoms with Gasteiger partial charge in [0.1, 0.15) is 6.21 Å². The highest BCUT2D eigenvalue weighted by molar-refractivity contribution is 7.79. The van der Waals surface area contributed by atoms with Gasteiger partial charge in [-0.3, -0.25) is 13.9 Å². The van der Waals surface area contributed by atoms with Crippen molar-refractivity contribution in [2.24, 2.45) is 21.7 Å². The summed E-state index contributed by atoms with van der Waals surface area (Å²) in [5.74, 6) is -0.997. The fourth-order valence-electron chi connectivity index (χ4n) is 1.07. The van der Waals surface area contributed by atoms with Gasteiger partial charge >= 0.3 is 16.6 Å². The van der Waals surface area contributed by atoms with E-state index in [9.17, 15) is 18.0 Å². The van der Waals surface area contributed by atoms with E-state index in [0.29, 0.717) is 0 Å². The highest BCUT2D eigenvalue weighted by atomic mass is 32.3. The van der Waals surface area contributed by atoms with Gasteiger partial charge in [0.15, 0.2) is 0 Å². The Bertz CT molecular complexity index is 703. The number of anilines is 1. The summed E-state index contributed by atoms with van der Waals surface area (Å²) in [6, 6.07) is 3.94. The fourth-order valence-corrected chi connectivity index (χ4v) is 1.07. The van der Waals surface area contributed by atoms with Crippen LogP contribution in [0.3, 0.4) is 0 Å². The monoisotopic (exact) mass is 371 g/mol. The number of hydrogen-bond acceptors (Lipinski definition) is 5. The van der Waals surface area contributed by atoms with Crippen molar-refractivity contribution < 1.29 is 35.5 Å². The van der Waals surface area contributed by atoms with Crippen LogP contribution in [0.1, 0.15) is 5.56 Å². The third-order valence-corrected chi connectivity index (χ3v) is 1.83. The number of halogens is 3. The number of nitrogens with zero attached hydrogens (tertiary/aromatic N) is 2. The van der Waals surface area contributed by atoms with Gasteiger partial charge in [-0.1, -0.05) is 0 Å². The molecule has 24 heavy (non-hydrogen) atoms. The molecule has 0 saturated heterocycles. The Balaban J connectivity index is 0.000000922. The molecule has 0 unspecified atom stereocenters. The minimum Gasteiger partial charge on any atom is -0.369 e. The van der Waals surface area contributed by atoms with Crippen LogP contribution in [0.25, 0.3) is 0 Å². The number of guanidine groups is 1. The Morgan fingerprint density at radius 3 is 2.00 bits per heavy atom. The number of hydrogen-bond donors (Lipinski definition) is 5. The van der Waals surface area contributed by atoms with Gasteiger partial charge < -0.3 is 16.8 Å². The van der Waals surface area contributed by atoms with Gasteiger partial charge in [-0.2, -0.15) is 21.6 Å². The lowest BCUT2D eigenvalue weighted by Crippen LogP contribution is -2.22. The maximum Gasteiger partial charge on any atom is 0.416 e. The van der Waals surface area contributed by atoms with Gasteiger partial charge in [-0.15, -0.1) is 10.2 Å². The second-order valence-electron chi connectivity index (χ2n) is 3.78. The average Bonchev–Trinajstić information content (AvgIpc) is 2.35. The third kappa shape index (κ3) is 11.9. The van der Waals surface area contributed by atoms with Crippen molar-refractivity contribution in [3.63, 3.8) is 0 Å². The standard InChI is InChI=1S/C10H10F3N5O.H2O4S/c11-10(12,13)6-1-3-7(4-2-6)17-8(19)5-16-18-9(14)15;1-5(2,3)4/h1-5H,(H,17,19)(H4,14,15,18);(H2,1,2,3,4). The second-order valence-corrected chi connectivity index (χ2v) is 4.68. The number of nitrogens with two attached hydrogens (primary N) is 2. The quantitative estimate of drug-likeness (QED) is 0.218. The molecule has 0 radical (unpaired) electrons. The maximum absolute atomic E-state index is 12.3. The smallest absolute Gasteiger partial charge is 0.369 e. The third-order valence-electron chi connectivity index (χ3n) is 1.83. The molecule has 1 amide bonds. The highest BCUT2D eigenvalue weighted by Gasteiger charge is 2.29. The highest BCUT2D eigenvalue weighted by Crippen LogP contribution is 2.29. The zero-order valence-corrected chi connectivity index (χ0v) is 12.4. The summed E-state index contributed by atoms with van der Waals surface area (Å²) < 4.78 is 68.4. The molecule has 0 fully saturated rings. The Morgan fingerprint density at radius 2 is 1.62 bits per heavy atom. The van der Waals surface area contributed by atoms with Gasteiger partial charge in [0, 0.05) is 5.69 Å². The first-order chi connectivity index (χ1) is 10.8. The number of rotatable bonds is 3. The average molecular weight is 371 g/mol. The molecular formula is C10H12F3N5O5S. The molecule has 0 bridgehead atoms. The molecule has 134 valence electrons. The number of alkyl halides is 3. The van der Waals surface area contributed by atoms with Crippen molar-refractivity contribution in [2.45, 2.75) is 6.18 Å². The Labute approximate surface area is 133 Å². The second kappa shape index (κ2) is 8.80. The van der Waals surface area contributed by atoms with Gasteiger partial charge in [-0.25, -0.2) is 0 Å². The zero-order valence-electron chi connectivity index (χ0n) is 11.6. The summed E-state index contributed by atoms with van der Waals surface area (Å²) in [5, 5.41) is 8.72. The van der Waals surface area contributed by atoms with Crippen molar-refractivity contribution in [1.82, 2.24) is 0 Å². The lowest BCUT2D eigenvalue weighted by Gasteiger charge is -2.07. The predicted octanol–water partition coefficient (Wildman–Crippen LogP) is 0.250. The van der Waals surface area contributed by atoms with Crippen LogP contribution in [0, 0.1) is 0 Å². The molecular weight excluding hydrogens is 359 g/mol. The largest absolute Gasteiger partial charge is 0.416 e. The van der Waals surface area contributed by atoms with Crippen LogP contribution in [-0.2, 0) is 21.4 Å². The van der Waals surface area contributed by atoms with Crippen molar-refractivity contribution in [3.8, 4) is 0 Å². The molecule has 0 spiro atoms. The number of nitrogens with one attached hydrogen (secondary N) is 1. The summed E-state index contributed by atoms with van der Waals surface area (Å²) in [5.41, 5.74) is 9.31. The summed E-state index contributed by atoms with van der Waals surface area (Å²) in [6.45, 7) is 0. The van der Waals surface area contributed by atoms with E-state index in [-0.39, 0.29) is 11.6 Å². The normalized spacial score (nSPS) is 11.4. The van der Waals surface area contributed by atoms with Crippen LogP contribution in [0.15, 0.2) is 34.5 Å². The lowest BCUT2D eigenvalue weighted by atomic mass is 10.2. The molecule has 0 aliphatic heterocycles. The van der Waals surface area contributed by atoms with Crippen LogP contribution < -0.4 is 16.8 Å². The number of amides is 1. The number of benzene rings is 1. The molecule has 0 saturated carbocycles. The molecule has 0 aliphatic carbocycles. The van der Waals surface area contributed by atoms with Crippen LogP contribution >= 0.6 is 0 Å². The van der Waals surface area contributed by atoms with E-state index in [1.54, 1.807) is 0 Å². The molecule has 1 aromatic carbocycles. The fraction of sp³-hybridized carbons (Fsp3) is 0.100. The van der Waals surface area contributed by atoms with E-state index in [1.165, 1.54) is 0 Å². The Hall–Kier alpha value is -2.71. The minimum absolute atomic E-state index is 0.189. The summed E-state index contributed by atoms with van der Waals surface area (Å²) in [6.07, 6.45) is -3.63. The Kier molecular flexibility index (Phi) is 7.81. The van der Waals surface area contributed by atoms with E-state index < -0.39 is 28.0 Å². The van der Waals surface area contributed by atoms with Gasteiger partial charge in [-0.05, 0) is 24.3 Å². The molecule has 10 nitrogen and oxygen atoms in total. The van der Waals surface area contributed by atoms with Crippen molar-refractivity contribution in [3.05, 3.63) is 29.8 Å². The summed E-state index contributed by atoms with van der Waals surface area (Å²) >= 11 is 0. The van der Waals surface area contributed by atoms with Crippen LogP contribution in [0.2, 0.25) is 0 Å². The van der Waals surface area contributed by atoms with E-state index >= 15 is 0 Å². The van der Waals surface area contributed by atoms with Crippen molar-refractivity contribution in [2.75, 3.05) is 5.32 Å². The van der Waals surface area contributed by atoms with Crippen molar-refractivity contribution >= 4 is 34.2 Å². The lowest BCUT2D eigenvalue weighted by molar-refractivity contribution is -0.137. The molecule has 7 N–H and O–H groups in total. The van der Waals surface area contributed by atoms with E-state index in [4.69, 9.17) is 29.0 Å². The number of carbonyl (C=O) groups is 1. The van der Waals surface area contributed by atoms with Crippen LogP contribution in [0.4, 0.5) is 18.9 Å². The molecule has 0 atom stereocenters. The van der Waals surface area contributed by atoms with Gasteiger partial charge in [0.2, 0.25) is 5.96 Å². The predicted molar refractivity (Wildman–Crippen MR) is 78.6 cm³/mol. The van der Waals surface area contributed by atoms with E-state index in [0.717, 1.165) is 30.5 Å². The first-order valence-corrected chi connectivity index (χ1v) is 6.99. The topological polar surface area (TPSA) is 180 Å². The molecule has 14 heteroatoms. The van der Waals surface area contributed by atoms with E-state index in [1.807, 2.05) is 0 Å². The minimum atomic E-state index is -4.67. The zero-order chi connectivity index (χ0) is 19.0. The molecule has 0 aromatic heterocycles. The first kappa shape index (κ1) is 21.3. The SMILES string of the molecule is NC(N)=NN=CC(=O)Nc1ccc(C(F)(F)F)cc1.O=S(=O)(O)O. The molecule has 1 aromatic rings. The van der Waals surface area contributed by atoms with E-state index in [2.05, 4.69) is 15.5 Å². The van der Waals surface area contributed by atoms with Crippen molar-refractivity contribution in [1.29, 1.82) is 0 Å². The first-order valence-electron chi connectivity index (χ1n) is 5.59. The summed E-state index contributed by atoms with van der Waals surface area (Å²) in [4.78, 5) is 11.2. The molecule has 0 heterocycles. The molecule has 1 rings (SSSR count). The van der Waals surface area contributed by atoms with Crippen LogP contribution in [0.5, 0.6) is 0 Å². The summed E-state index contributed by atoms with van der Waals surface area (Å²) in [7, 11) is -4.67. The molecule has 0 aliphatic rings. The maximum atomic E-state index is 12.3. The Morgan fingerprint density at radius 1 is 1.17 bits per heavy atom. The van der Waals surface area contributed by atoms with Gasteiger partial charge in [0.05, 0.1) is 5.56 Å². The van der Waals surface area contributed by atoms with Gasteiger partial charge in [0.25, 0.3) is 5.91 Å². The number of carbonyl (C=O) groups excluding carboxylic acids is 1. The van der Waals surface area contributed by atoms with Crippen LogP contribution in [-0.4, -0.2) is 35.6 Å².